The summed E-state index contributed by atoms with van der Waals surface area (Å²) >= 11 is 0. The zero-order valence-corrected chi connectivity index (χ0v) is 8.30. The van der Waals surface area contributed by atoms with Gasteiger partial charge in [0.25, 0.3) is 0 Å². The van der Waals surface area contributed by atoms with Gasteiger partial charge in [-0.25, -0.2) is 0 Å². The Morgan fingerprint density at radius 2 is 2.23 bits per heavy atom. The molecule has 1 fully saturated rings. The van der Waals surface area contributed by atoms with Gasteiger partial charge in [-0.05, 0) is 26.7 Å². The monoisotopic (exact) mass is 186 g/mol. The fourth-order valence-electron chi connectivity index (χ4n) is 1.13. The van der Waals surface area contributed by atoms with Crippen LogP contribution in [-0.2, 0) is 9.53 Å². The first-order valence-electron chi connectivity index (χ1n) is 4.71. The minimum absolute atomic E-state index is 0.0590. The Hall–Kier alpha value is -0.610. The highest BCUT2D eigenvalue weighted by Crippen LogP contribution is 2.35. The van der Waals surface area contributed by atoms with Crippen LogP contribution in [0.25, 0.3) is 0 Å². The minimum Gasteiger partial charge on any atom is -0.376 e. The van der Waals surface area contributed by atoms with Crippen molar-refractivity contribution in [3.05, 3.63) is 0 Å². The van der Waals surface area contributed by atoms with Gasteiger partial charge in [0.1, 0.15) is 0 Å². The van der Waals surface area contributed by atoms with Gasteiger partial charge in [0.15, 0.2) is 0 Å². The van der Waals surface area contributed by atoms with Crippen molar-refractivity contribution in [1.82, 2.24) is 5.32 Å². The number of nitrogens with one attached hydrogen (secondary N) is 1. The van der Waals surface area contributed by atoms with Crippen LogP contribution in [0.3, 0.4) is 0 Å². The van der Waals surface area contributed by atoms with Crippen LogP contribution in [0.15, 0.2) is 0 Å². The van der Waals surface area contributed by atoms with Gasteiger partial charge < -0.3 is 15.8 Å². The molecular weight excluding hydrogens is 168 g/mol. The van der Waals surface area contributed by atoms with E-state index in [0.29, 0.717) is 6.61 Å². The quantitative estimate of drug-likeness (QED) is 0.636. The summed E-state index contributed by atoms with van der Waals surface area (Å²) in [6.45, 7) is 4.64. The third-order valence-corrected chi connectivity index (χ3v) is 2.14. The van der Waals surface area contributed by atoms with Gasteiger partial charge in [0, 0.05) is 0 Å². The van der Waals surface area contributed by atoms with Crippen LogP contribution in [0.4, 0.5) is 0 Å². The van der Waals surface area contributed by atoms with Gasteiger partial charge in [0.05, 0.1) is 24.8 Å². The van der Waals surface area contributed by atoms with Crippen molar-refractivity contribution in [2.45, 2.75) is 38.3 Å². The molecule has 0 aromatic rings. The molecule has 0 aromatic carbocycles. The highest BCUT2D eigenvalue weighted by Gasteiger charge is 2.44. The zero-order chi connectivity index (χ0) is 9.90. The summed E-state index contributed by atoms with van der Waals surface area (Å²) in [6.07, 6.45) is 2.23. The highest BCUT2D eigenvalue weighted by molar-refractivity contribution is 5.79. The zero-order valence-electron chi connectivity index (χ0n) is 8.30. The first-order valence-corrected chi connectivity index (χ1v) is 4.71. The molecule has 0 unspecified atom stereocenters. The topological polar surface area (TPSA) is 64.3 Å². The smallest absolute Gasteiger partial charge is 0.234 e. The van der Waals surface area contributed by atoms with Crippen molar-refractivity contribution < 1.29 is 9.53 Å². The van der Waals surface area contributed by atoms with Gasteiger partial charge >= 0.3 is 0 Å². The number of amides is 1. The molecule has 0 aromatic heterocycles. The standard InChI is InChI=1S/C9H18N2O2/c1-7(2)13-6-9(3-4-9)11-8(12)5-10/h7H,3-6,10H2,1-2H3,(H,11,12). The van der Waals surface area contributed by atoms with Crippen LogP contribution in [0.5, 0.6) is 0 Å². The van der Waals surface area contributed by atoms with Crippen LogP contribution >= 0.6 is 0 Å². The van der Waals surface area contributed by atoms with Crippen molar-refractivity contribution in [3.8, 4) is 0 Å². The van der Waals surface area contributed by atoms with Gasteiger partial charge in [0.2, 0.25) is 5.91 Å². The van der Waals surface area contributed by atoms with Gasteiger partial charge in [-0.15, -0.1) is 0 Å². The Kier molecular flexibility index (Phi) is 3.27. The van der Waals surface area contributed by atoms with Crippen LogP contribution < -0.4 is 11.1 Å². The predicted molar refractivity (Wildman–Crippen MR) is 50.3 cm³/mol. The molecule has 1 aliphatic carbocycles. The van der Waals surface area contributed by atoms with Crippen molar-refractivity contribution in [1.29, 1.82) is 0 Å². The molecule has 13 heavy (non-hydrogen) atoms. The molecule has 0 saturated heterocycles. The second-order valence-corrected chi connectivity index (χ2v) is 3.89. The molecule has 1 rings (SSSR count). The van der Waals surface area contributed by atoms with Crippen LogP contribution in [0.2, 0.25) is 0 Å². The Balaban J connectivity index is 2.26. The fourth-order valence-corrected chi connectivity index (χ4v) is 1.13. The maximum atomic E-state index is 11.0. The van der Waals surface area contributed by atoms with E-state index >= 15 is 0 Å². The lowest BCUT2D eigenvalue weighted by Crippen LogP contribution is -2.43. The summed E-state index contributed by atoms with van der Waals surface area (Å²) in [4.78, 5) is 11.0. The molecule has 0 aliphatic heterocycles. The van der Waals surface area contributed by atoms with E-state index in [1.807, 2.05) is 13.8 Å². The van der Waals surface area contributed by atoms with Crippen molar-refractivity contribution >= 4 is 5.91 Å². The molecule has 1 saturated carbocycles. The Morgan fingerprint density at radius 1 is 1.62 bits per heavy atom. The molecule has 76 valence electrons. The molecule has 3 N–H and O–H groups in total. The lowest BCUT2D eigenvalue weighted by Gasteiger charge is -2.18. The lowest BCUT2D eigenvalue weighted by molar-refractivity contribution is -0.121. The molecule has 0 spiro atoms. The van der Waals surface area contributed by atoms with Crippen molar-refractivity contribution in [2.24, 2.45) is 5.73 Å². The summed E-state index contributed by atoms with van der Waals surface area (Å²) in [5.74, 6) is -0.0927. The van der Waals surface area contributed by atoms with E-state index in [2.05, 4.69) is 5.32 Å². The first-order chi connectivity index (χ1) is 6.08. The van der Waals surface area contributed by atoms with Crippen molar-refractivity contribution in [3.63, 3.8) is 0 Å². The molecule has 4 heteroatoms. The number of nitrogens with two attached hydrogens (primary N) is 1. The lowest BCUT2D eigenvalue weighted by atomic mass is 10.3. The maximum absolute atomic E-state index is 11.0. The summed E-state index contributed by atoms with van der Waals surface area (Å²) < 4.78 is 5.46. The second-order valence-electron chi connectivity index (χ2n) is 3.89. The van der Waals surface area contributed by atoms with Crippen LogP contribution in [-0.4, -0.2) is 30.7 Å². The normalized spacial score (nSPS) is 18.8. The average molecular weight is 186 g/mol. The van der Waals surface area contributed by atoms with Gasteiger partial charge in [-0.2, -0.15) is 0 Å². The molecule has 0 atom stereocenters. The minimum atomic E-state index is -0.0965. The Labute approximate surface area is 78.8 Å². The summed E-state index contributed by atoms with van der Waals surface area (Å²) in [5, 5.41) is 2.88. The van der Waals surface area contributed by atoms with E-state index in [1.54, 1.807) is 0 Å². The maximum Gasteiger partial charge on any atom is 0.234 e. The second kappa shape index (κ2) is 4.07. The summed E-state index contributed by atoms with van der Waals surface area (Å²) in [6, 6.07) is 0. The number of carbonyl (C=O) groups is 1. The molecule has 0 bridgehead atoms. The fraction of sp³-hybridized carbons (Fsp3) is 0.889. The van der Waals surface area contributed by atoms with E-state index in [0.717, 1.165) is 12.8 Å². The third-order valence-electron chi connectivity index (χ3n) is 2.14. The molecular formula is C9H18N2O2. The van der Waals surface area contributed by atoms with E-state index in [1.165, 1.54) is 0 Å². The molecule has 1 aliphatic rings. The van der Waals surface area contributed by atoms with Gasteiger partial charge in [-0.1, -0.05) is 0 Å². The number of ether oxygens (including phenoxy) is 1. The number of hydrogen-bond acceptors (Lipinski definition) is 3. The van der Waals surface area contributed by atoms with E-state index in [-0.39, 0.29) is 24.1 Å². The predicted octanol–water partition coefficient (Wildman–Crippen LogP) is 0.0189. The van der Waals surface area contributed by atoms with E-state index in [4.69, 9.17) is 10.5 Å². The largest absolute Gasteiger partial charge is 0.376 e. The first kappa shape index (κ1) is 10.5. The number of carbonyl (C=O) groups excluding carboxylic acids is 1. The van der Waals surface area contributed by atoms with E-state index < -0.39 is 0 Å². The summed E-state index contributed by atoms with van der Waals surface area (Å²) in [7, 11) is 0. The third kappa shape index (κ3) is 3.32. The van der Waals surface area contributed by atoms with Crippen LogP contribution in [0, 0.1) is 0 Å². The van der Waals surface area contributed by atoms with Gasteiger partial charge in [-0.3, -0.25) is 4.79 Å². The average Bonchev–Trinajstić information content (AvgIpc) is 2.82. The Bertz CT molecular complexity index is 188. The van der Waals surface area contributed by atoms with Crippen molar-refractivity contribution in [2.75, 3.05) is 13.2 Å². The van der Waals surface area contributed by atoms with Crippen LogP contribution in [0.1, 0.15) is 26.7 Å². The number of hydrogen-bond donors (Lipinski definition) is 2. The van der Waals surface area contributed by atoms with E-state index in [9.17, 15) is 4.79 Å². The number of rotatable bonds is 5. The SMILES string of the molecule is CC(C)OCC1(NC(=O)CN)CC1. The molecule has 0 radical (unpaired) electrons. The highest BCUT2D eigenvalue weighted by atomic mass is 16.5. The summed E-state index contributed by atoms with van der Waals surface area (Å²) in [5.41, 5.74) is 5.11. The molecule has 4 nitrogen and oxygen atoms in total. The molecule has 0 heterocycles. The Morgan fingerprint density at radius 3 is 2.62 bits per heavy atom. The molecule has 1 amide bonds.